The molecule has 0 bridgehead atoms. The van der Waals surface area contributed by atoms with Gasteiger partial charge < -0.3 is 25.0 Å². The van der Waals surface area contributed by atoms with Crippen molar-refractivity contribution in [3.05, 3.63) is 35.8 Å². The average molecular weight is 509 g/mol. The summed E-state index contributed by atoms with van der Waals surface area (Å²) in [5, 5.41) is 12.5. The van der Waals surface area contributed by atoms with Gasteiger partial charge in [-0.3, -0.25) is 9.89 Å². The Balaban J connectivity index is 1.13. The predicted molar refractivity (Wildman–Crippen MR) is 121 cm³/mol. The smallest absolute Gasteiger partial charge is 0.435 e. The minimum absolute atomic E-state index is 0.0302. The molecule has 0 unspecified atom stereocenters. The molecule has 2 aromatic rings. The second-order valence-corrected chi connectivity index (χ2v) is 9.77. The number of amides is 2. The zero-order valence-electron chi connectivity index (χ0n) is 19.6. The van der Waals surface area contributed by atoms with Crippen LogP contribution in [0.25, 0.3) is 0 Å². The fourth-order valence-corrected chi connectivity index (χ4v) is 4.49. The fourth-order valence-electron chi connectivity index (χ4n) is 4.49. The molecule has 1 saturated carbocycles. The summed E-state index contributed by atoms with van der Waals surface area (Å²) >= 11 is 0. The Morgan fingerprint density at radius 1 is 1.33 bits per heavy atom. The zero-order chi connectivity index (χ0) is 25.5. The lowest BCUT2D eigenvalue weighted by atomic mass is 10.1. The van der Waals surface area contributed by atoms with Crippen molar-refractivity contribution in [3.63, 3.8) is 0 Å². The van der Waals surface area contributed by atoms with Crippen molar-refractivity contribution in [2.75, 3.05) is 29.9 Å². The maximum absolute atomic E-state index is 13.3. The van der Waals surface area contributed by atoms with Crippen LogP contribution in [0.2, 0.25) is 0 Å². The number of ether oxygens (including phenoxy) is 2. The number of rotatable bonds is 6. The monoisotopic (exact) mass is 508 g/mol. The number of nitrogens with zero attached hydrogens (tertiary/aromatic N) is 3. The predicted octanol–water partition coefficient (Wildman–Crippen LogP) is 3.40. The number of alkyl carbamates (subject to hydrolysis) is 1. The molecular formula is C23H27F3N6O4. The quantitative estimate of drug-likeness (QED) is 0.547. The van der Waals surface area contributed by atoms with Crippen molar-refractivity contribution in [2.45, 2.75) is 56.5 Å². The van der Waals surface area contributed by atoms with Crippen LogP contribution in [0.15, 0.2) is 24.4 Å². The molecule has 2 amide bonds. The molecule has 2 aliphatic heterocycles. The Kier molecular flexibility index (Phi) is 6.27. The van der Waals surface area contributed by atoms with Crippen LogP contribution in [-0.4, -0.2) is 58.5 Å². The topological polar surface area (TPSA) is 121 Å². The lowest BCUT2D eigenvalue weighted by Gasteiger charge is -2.22. The van der Waals surface area contributed by atoms with Crippen molar-refractivity contribution in [2.24, 2.45) is 5.92 Å². The van der Waals surface area contributed by atoms with Crippen molar-refractivity contribution in [1.29, 1.82) is 0 Å². The summed E-state index contributed by atoms with van der Waals surface area (Å²) in [6.07, 6.45) is -1.97. The molecule has 2 saturated heterocycles. The Morgan fingerprint density at radius 2 is 2.14 bits per heavy atom. The molecule has 2 aromatic heterocycles. The summed E-state index contributed by atoms with van der Waals surface area (Å²) in [6, 6.07) is 4.46. The second-order valence-electron chi connectivity index (χ2n) is 9.77. The Bertz CT molecular complexity index is 1140. The Morgan fingerprint density at radius 3 is 2.89 bits per heavy atom. The van der Waals surface area contributed by atoms with Crippen molar-refractivity contribution >= 4 is 23.5 Å². The number of aromatic nitrogens is 3. The summed E-state index contributed by atoms with van der Waals surface area (Å²) in [6.45, 7) is 2.67. The van der Waals surface area contributed by atoms with Crippen molar-refractivity contribution in [1.82, 2.24) is 20.5 Å². The normalized spacial score (nSPS) is 25.0. The van der Waals surface area contributed by atoms with E-state index in [0.717, 1.165) is 19.0 Å². The summed E-state index contributed by atoms with van der Waals surface area (Å²) in [4.78, 5) is 29.8. The van der Waals surface area contributed by atoms with Gasteiger partial charge in [0.15, 0.2) is 11.5 Å². The molecule has 5 rings (SSSR count). The molecular weight excluding hydrogens is 481 g/mol. The highest BCUT2D eigenvalue weighted by Gasteiger charge is 2.41. The number of aromatic amines is 1. The third-order valence-corrected chi connectivity index (χ3v) is 6.79. The molecule has 194 valence electrons. The van der Waals surface area contributed by atoms with E-state index >= 15 is 0 Å². The zero-order valence-corrected chi connectivity index (χ0v) is 19.6. The van der Waals surface area contributed by atoms with E-state index in [1.807, 2.05) is 6.92 Å². The van der Waals surface area contributed by atoms with Gasteiger partial charge >= 0.3 is 12.3 Å². The number of H-pyrrole nitrogens is 1. The van der Waals surface area contributed by atoms with Gasteiger partial charge in [0, 0.05) is 37.3 Å². The van der Waals surface area contributed by atoms with Gasteiger partial charge in [0.1, 0.15) is 12.2 Å². The van der Waals surface area contributed by atoms with E-state index in [4.69, 9.17) is 9.47 Å². The van der Waals surface area contributed by atoms with Crippen LogP contribution < -0.4 is 15.5 Å². The Hall–Kier alpha value is -3.35. The van der Waals surface area contributed by atoms with Gasteiger partial charge in [-0.05, 0) is 38.3 Å². The van der Waals surface area contributed by atoms with Crippen LogP contribution in [0.4, 0.5) is 29.5 Å². The largest absolute Gasteiger partial charge is 0.444 e. The van der Waals surface area contributed by atoms with Gasteiger partial charge in [-0.2, -0.15) is 18.3 Å². The SMILES string of the molecule is CC1(NC(=O)O[C@@H]2CO[C@H](c3cc(NC(=O)[C@@H]4CCN(c5cccnc5C(F)(F)F)C4)n[nH]3)C2)CC1. The fraction of sp³-hybridized carbons (Fsp3) is 0.565. The van der Waals surface area contributed by atoms with Crippen LogP contribution in [0.1, 0.15) is 50.1 Å². The molecule has 1 aliphatic carbocycles. The maximum atomic E-state index is 13.3. The number of carbonyl (C=O) groups excluding carboxylic acids is 2. The molecule has 10 nitrogen and oxygen atoms in total. The molecule has 3 aliphatic rings. The van der Waals surface area contributed by atoms with E-state index in [0.29, 0.717) is 25.1 Å². The van der Waals surface area contributed by atoms with E-state index in [2.05, 4.69) is 25.8 Å². The molecule has 3 N–H and O–H groups in total. The van der Waals surface area contributed by atoms with Gasteiger partial charge in [0.2, 0.25) is 5.91 Å². The molecule has 0 aromatic carbocycles. The minimum Gasteiger partial charge on any atom is -0.444 e. The highest BCUT2D eigenvalue weighted by atomic mass is 19.4. The highest BCUT2D eigenvalue weighted by Crippen LogP contribution is 2.37. The molecule has 4 heterocycles. The number of nitrogens with one attached hydrogen (secondary N) is 3. The first kappa shape index (κ1) is 24.3. The van der Waals surface area contributed by atoms with Crippen LogP contribution in [-0.2, 0) is 20.4 Å². The summed E-state index contributed by atoms with van der Waals surface area (Å²) in [7, 11) is 0. The van der Waals surface area contributed by atoms with Gasteiger partial charge in [0.25, 0.3) is 0 Å². The van der Waals surface area contributed by atoms with Gasteiger partial charge in [0.05, 0.1) is 23.9 Å². The lowest BCUT2D eigenvalue weighted by Crippen LogP contribution is -2.37. The molecule has 36 heavy (non-hydrogen) atoms. The number of halogens is 3. The molecule has 0 radical (unpaired) electrons. The first-order valence-electron chi connectivity index (χ1n) is 11.8. The number of anilines is 2. The van der Waals surface area contributed by atoms with Crippen molar-refractivity contribution < 1.29 is 32.2 Å². The van der Waals surface area contributed by atoms with Crippen LogP contribution in [0, 0.1) is 5.92 Å². The molecule has 13 heteroatoms. The first-order chi connectivity index (χ1) is 17.1. The third-order valence-electron chi connectivity index (χ3n) is 6.79. The summed E-state index contributed by atoms with van der Waals surface area (Å²) in [5.74, 6) is -0.538. The summed E-state index contributed by atoms with van der Waals surface area (Å²) in [5.41, 5.74) is -0.524. The molecule has 0 spiro atoms. The van der Waals surface area contributed by atoms with Crippen molar-refractivity contribution in [3.8, 4) is 0 Å². The van der Waals surface area contributed by atoms with Crippen LogP contribution >= 0.6 is 0 Å². The first-order valence-corrected chi connectivity index (χ1v) is 11.8. The number of alkyl halides is 3. The van der Waals surface area contributed by atoms with Crippen LogP contribution in [0.3, 0.4) is 0 Å². The van der Waals surface area contributed by atoms with Crippen LogP contribution in [0.5, 0.6) is 0 Å². The van der Waals surface area contributed by atoms with E-state index in [9.17, 15) is 22.8 Å². The molecule has 3 fully saturated rings. The van der Waals surface area contributed by atoms with E-state index in [1.165, 1.54) is 17.0 Å². The maximum Gasteiger partial charge on any atom is 0.435 e. The lowest BCUT2D eigenvalue weighted by molar-refractivity contribution is -0.140. The number of pyridine rings is 1. The van der Waals surface area contributed by atoms with E-state index in [1.54, 1.807) is 6.07 Å². The van der Waals surface area contributed by atoms with E-state index in [-0.39, 0.29) is 42.2 Å². The van der Waals surface area contributed by atoms with Gasteiger partial charge in [-0.15, -0.1) is 0 Å². The van der Waals surface area contributed by atoms with Gasteiger partial charge in [-0.25, -0.2) is 9.78 Å². The summed E-state index contributed by atoms with van der Waals surface area (Å²) < 4.78 is 51.1. The standard InChI is InChI=1S/C23H27F3N6O4/c1-22(5-6-22)29-21(34)36-14-9-17(35-12-14)15-10-18(31-30-15)28-20(33)13-4-8-32(11-13)16-3-2-7-27-19(16)23(24,25)26/h2-3,7,10,13-14,17H,4-6,8-9,11-12H2,1H3,(H,29,34)(H2,28,30,31,33)/t13-,14+,17+/m1/s1. The average Bonchev–Trinajstić information content (AvgIpc) is 3.28. The third kappa shape index (κ3) is 5.40. The number of hydrogen-bond acceptors (Lipinski definition) is 7. The minimum atomic E-state index is -4.58. The van der Waals surface area contributed by atoms with E-state index < -0.39 is 30.0 Å². The Labute approximate surface area is 204 Å². The number of hydrogen-bond donors (Lipinski definition) is 3. The molecule has 3 atom stereocenters. The second kappa shape index (κ2) is 9.26. The number of carbonyl (C=O) groups is 2. The highest BCUT2D eigenvalue weighted by molar-refractivity contribution is 5.92. The van der Waals surface area contributed by atoms with Gasteiger partial charge in [-0.1, -0.05) is 0 Å².